The molecule has 2 aromatic rings. The predicted octanol–water partition coefficient (Wildman–Crippen LogP) is 1.74. The molecule has 3 N–H and O–H groups in total. The van der Waals surface area contributed by atoms with Gasteiger partial charge in [-0.2, -0.15) is 15.4 Å². The van der Waals surface area contributed by atoms with E-state index in [4.69, 9.17) is 15.2 Å². The number of halogens is 1. The van der Waals surface area contributed by atoms with Gasteiger partial charge in [-0.15, -0.1) is 0 Å². The molecule has 0 bridgehead atoms. The average molecular weight is 355 g/mol. The van der Waals surface area contributed by atoms with Crippen molar-refractivity contribution in [1.82, 2.24) is 15.4 Å². The Morgan fingerprint density at radius 2 is 2.19 bits per heavy atom. The summed E-state index contributed by atoms with van der Waals surface area (Å²) in [7, 11) is 1.55. The number of primary amides is 1. The van der Waals surface area contributed by atoms with Crippen LogP contribution in [0.3, 0.4) is 0 Å². The first-order valence-electron chi connectivity index (χ1n) is 6.25. The van der Waals surface area contributed by atoms with Crippen molar-refractivity contribution in [2.45, 2.75) is 6.42 Å². The fraction of sp³-hybridized carbons (Fsp3) is 0.308. The van der Waals surface area contributed by atoms with Crippen molar-refractivity contribution in [3.8, 4) is 22.8 Å². The largest absolute Gasteiger partial charge is 0.493 e. The van der Waals surface area contributed by atoms with Gasteiger partial charge in [0.15, 0.2) is 17.2 Å². The number of aromatic nitrogens is 3. The van der Waals surface area contributed by atoms with Gasteiger partial charge in [0.05, 0.1) is 13.7 Å². The number of nitrogens with two attached hydrogens (primary N) is 1. The normalized spacial score (nSPS) is 10.4. The van der Waals surface area contributed by atoms with Crippen LogP contribution in [0.1, 0.15) is 16.9 Å². The monoisotopic (exact) mass is 354 g/mol. The minimum absolute atomic E-state index is 0.0880. The Labute approximate surface area is 129 Å². The van der Waals surface area contributed by atoms with Gasteiger partial charge in [-0.1, -0.05) is 15.9 Å². The van der Waals surface area contributed by atoms with Crippen molar-refractivity contribution in [3.05, 3.63) is 23.9 Å². The number of nitrogens with one attached hydrogen (secondary N) is 1. The lowest BCUT2D eigenvalue weighted by molar-refractivity contribution is 0.0996. The van der Waals surface area contributed by atoms with Gasteiger partial charge in [0, 0.05) is 10.9 Å². The van der Waals surface area contributed by atoms with Crippen LogP contribution in [0, 0.1) is 0 Å². The van der Waals surface area contributed by atoms with E-state index in [1.807, 2.05) is 0 Å². The lowest BCUT2D eigenvalue weighted by atomic mass is 10.1. The number of nitrogens with zero attached hydrogens (tertiary/aromatic N) is 2. The molecule has 21 heavy (non-hydrogen) atoms. The molecule has 7 nitrogen and oxygen atoms in total. The second-order valence-corrected chi connectivity index (χ2v) is 4.93. The highest BCUT2D eigenvalue weighted by Crippen LogP contribution is 2.32. The Bertz CT molecular complexity index is 630. The standard InChI is InChI=1S/C13H15BrN4O3/c1-20-10-7-8(3-4-9(10)21-6-2-5-14)11-12(13(15)19)17-18-16-11/h3-4,7H,2,5-6H2,1H3,(H2,15,19)(H,16,17,18). The average Bonchev–Trinajstić information content (AvgIpc) is 2.97. The second-order valence-electron chi connectivity index (χ2n) is 4.14. The number of hydrogen-bond donors (Lipinski definition) is 2. The van der Waals surface area contributed by atoms with Gasteiger partial charge in [0.2, 0.25) is 0 Å². The number of hydrogen-bond acceptors (Lipinski definition) is 5. The van der Waals surface area contributed by atoms with E-state index in [1.54, 1.807) is 25.3 Å². The molecule has 1 heterocycles. The third-order valence-corrected chi connectivity index (χ3v) is 3.31. The summed E-state index contributed by atoms with van der Waals surface area (Å²) in [4.78, 5) is 11.3. The Morgan fingerprint density at radius 1 is 1.38 bits per heavy atom. The quantitative estimate of drug-likeness (QED) is 0.582. The summed E-state index contributed by atoms with van der Waals surface area (Å²) in [5, 5.41) is 11.0. The first-order chi connectivity index (χ1) is 10.2. The molecule has 0 aliphatic rings. The Hall–Kier alpha value is -2.09. The van der Waals surface area contributed by atoms with Gasteiger partial charge in [-0.3, -0.25) is 4.79 Å². The van der Waals surface area contributed by atoms with Gasteiger partial charge in [-0.05, 0) is 24.6 Å². The molecular weight excluding hydrogens is 340 g/mol. The van der Waals surface area contributed by atoms with Crippen LogP contribution >= 0.6 is 15.9 Å². The van der Waals surface area contributed by atoms with Crippen LogP contribution in [0.4, 0.5) is 0 Å². The molecule has 0 radical (unpaired) electrons. The van der Waals surface area contributed by atoms with Gasteiger partial charge in [0.1, 0.15) is 5.69 Å². The summed E-state index contributed by atoms with van der Waals surface area (Å²) in [6.07, 6.45) is 0.889. The molecule has 0 spiro atoms. The number of methoxy groups -OCH3 is 1. The molecule has 0 unspecified atom stereocenters. The SMILES string of the molecule is COc1cc(-c2n[nH]nc2C(N)=O)ccc1OCCCBr. The Morgan fingerprint density at radius 3 is 2.86 bits per heavy atom. The predicted molar refractivity (Wildman–Crippen MR) is 80.8 cm³/mol. The lowest BCUT2D eigenvalue weighted by Crippen LogP contribution is -2.12. The summed E-state index contributed by atoms with van der Waals surface area (Å²) >= 11 is 3.34. The van der Waals surface area contributed by atoms with E-state index in [0.717, 1.165) is 11.8 Å². The molecule has 8 heteroatoms. The molecule has 1 aromatic heterocycles. The van der Waals surface area contributed by atoms with Crippen LogP contribution in [-0.4, -0.2) is 40.4 Å². The highest BCUT2D eigenvalue weighted by atomic mass is 79.9. The van der Waals surface area contributed by atoms with E-state index in [2.05, 4.69) is 31.3 Å². The summed E-state index contributed by atoms with van der Waals surface area (Å²) in [6.45, 7) is 0.581. The Kier molecular flexibility index (Phi) is 5.15. The maximum Gasteiger partial charge on any atom is 0.271 e. The topological polar surface area (TPSA) is 103 Å². The summed E-state index contributed by atoms with van der Waals surface area (Å²) in [5.74, 6) is 0.544. The van der Waals surface area contributed by atoms with E-state index in [1.165, 1.54) is 0 Å². The van der Waals surface area contributed by atoms with Crippen molar-refractivity contribution in [1.29, 1.82) is 0 Å². The second kappa shape index (κ2) is 7.07. The van der Waals surface area contributed by atoms with Crippen LogP contribution in [0.25, 0.3) is 11.3 Å². The van der Waals surface area contributed by atoms with E-state index in [9.17, 15) is 4.79 Å². The fourth-order valence-corrected chi connectivity index (χ4v) is 2.00. The lowest BCUT2D eigenvalue weighted by Gasteiger charge is -2.11. The van der Waals surface area contributed by atoms with Crippen LogP contribution in [0.15, 0.2) is 18.2 Å². The maximum absolute atomic E-state index is 11.3. The van der Waals surface area contributed by atoms with Crippen LogP contribution in [-0.2, 0) is 0 Å². The summed E-state index contributed by atoms with van der Waals surface area (Å²) in [5.41, 5.74) is 6.39. The van der Waals surface area contributed by atoms with Crippen LogP contribution < -0.4 is 15.2 Å². The Balaban J connectivity index is 2.30. The fourth-order valence-electron chi connectivity index (χ4n) is 1.77. The smallest absolute Gasteiger partial charge is 0.271 e. The number of aromatic amines is 1. The van der Waals surface area contributed by atoms with Gasteiger partial charge < -0.3 is 15.2 Å². The van der Waals surface area contributed by atoms with Crippen molar-refractivity contribution in [2.24, 2.45) is 5.73 Å². The molecular formula is C13H15BrN4O3. The third kappa shape index (κ3) is 3.52. The van der Waals surface area contributed by atoms with E-state index >= 15 is 0 Å². The minimum atomic E-state index is -0.643. The summed E-state index contributed by atoms with van der Waals surface area (Å²) < 4.78 is 10.9. The first kappa shape index (κ1) is 15.3. The molecule has 1 aromatic carbocycles. The number of rotatable bonds is 7. The van der Waals surface area contributed by atoms with Gasteiger partial charge in [-0.25, -0.2) is 0 Å². The number of amides is 1. The van der Waals surface area contributed by atoms with Crippen molar-refractivity contribution in [3.63, 3.8) is 0 Å². The zero-order chi connectivity index (χ0) is 15.2. The summed E-state index contributed by atoms with van der Waals surface area (Å²) in [6, 6.07) is 5.27. The molecule has 0 atom stereocenters. The zero-order valence-corrected chi connectivity index (χ0v) is 13.0. The number of carbonyl (C=O) groups excluding carboxylic acids is 1. The molecule has 0 fully saturated rings. The number of benzene rings is 1. The minimum Gasteiger partial charge on any atom is -0.493 e. The molecule has 0 saturated heterocycles. The van der Waals surface area contributed by atoms with Crippen molar-refractivity contribution >= 4 is 21.8 Å². The molecule has 0 saturated carbocycles. The number of ether oxygens (including phenoxy) is 2. The first-order valence-corrected chi connectivity index (χ1v) is 7.37. The molecule has 112 valence electrons. The molecule has 0 aliphatic heterocycles. The third-order valence-electron chi connectivity index (χ3n) is 2.75. The van der Waals surface area contributed by atoms with Crippen LogP contribution in [0.2, 0.25) is 0 Å². The van der Waals surface area contributed by atoms with Crippen molar-refractivity contribution in [2.75, 3.05) is 19.0 Å². The molecule has 0 aliphatic carbocycles. The van der Waals surface area contributed by atoms with E-state index in [0.29, 0.717) is 29.4 Å². The molecule has 2 rings (SSSR count). The van der Waals surface area contributed by atoms with E-state index < -0.39 is 5.91 Å². The molecule has 1 amide bonds. The number of carbonyl (C=O) groups is 1. The highest BCUT2D eigenvalue weighted by Gasteiger charge is 2.17. The van der Waals surface area contributed by atoms with Crippen LogP contribution in [0.5, 0.6) is 11.5 Å². The highest BCUT2D eigenvalue weighted by molar-refractivity contribution is 9.09. The van der Waals surface area contributed by atoms with Gasteiger partial charge >= 0.3 is 0 Å². The maximum atomic E-state index is 11.3. The van der Waals surface area contributed by atoms with Crippen molar-refractivity contribution < 1.29 is 14.3 Å². The number of H-pyrrole nitrogens is 1. The zero-order valence-electron chi connectivity index (χ0n) is 11.4. The number of alkyl halides is 1. The van der Waals surface area contributed by atoms with Gasteiger partial charge in [0.25, 0.3) is 5.91 Å². The van der Waals surface area contributed by atoms with E-state index in [-0.39, 0.29) is 5.69 Å².